The SMILES string of the molecule is O=C(NC1CCCC1)C1CCN(c2ccc3cc(S(=O)(=O)N4CCCCC4)ccc3n2)CC1. The van der Waals surface area contributed by atoms with Crippen molar-refractivity contribution in [2.45, 2.75) is 68.7 Å². The number of carbonyl (C=O) groups excluding carboxylic acids is 1. The largest absolute Gasteiger partial charge is 0.357 e. The Morgan fingerprint density at radius 2 is 1.61 bits per heavy atom. The molecule has 0 atom stereocenters. The summed E-state index contributed by atoms with van der Waals surface area (Å²) in [6.07, 6.45) is 9.31. The number of nitrogens with zero attached hydrogens (tertiary/aromatic N) is 3. The van der Waals surface area contributed by atoms with Gasteiger partial charge < -0.3 is 10.2 Å². The number of rotatable bonds is 5. The fourth-order valence-electron chi connectivity index (χ4n) is 5.44. The number of fused-ring (bicyclic) bond motifs is 1. The molecule has 1 amide bonds. The monoisotopic (exact) mass is 470 g/mol. The molecule has 7 nitrogen and oxygen atoms in total. The summed E-state index contributed by atoms with van der Waals surface area (Å²) in [5, 5.41) is 4.08. The summed E-state index contributed by atoms with van der Waals surface area (Å²) in [6.45, 7) is 2.82. The molecule has 3 fully saturated rings. The maximum absolute atomic E-state index is 13.0. The third-order valence-electron chi connectivity index (χ3n) is 7.49. The van der Waals surface area contributed by atoms with Crippen LogP contribution in [0.15, 0.2) is 35.2 Å². The number of aromatic nitrogens is 1. The van der Waals surface area contributed by atoms with Crippen LogP contribution in [0.3, 0.4) is 0 Å². The minimum absolute atomic E-state index is 0.0878. The molecule has 2 aliphatic heterocycles. The molecule has 33 heavy (non-hydrogen) atoms. The Kier molecular flexibility index (Phi) is 6.56. The lowest BCUT2D eigenvalue weighted by atomic mass is 9.95. The number of nitrogens with one attached hydrogen (secondary N) is 1. The number of hydrogen-bond acceptors (Lipinski definition) is 5. The first-order valence-electron chi connectivity index (χ1n) is 12.5. The molecule has 1 aliphatic carbocycles. The fraction of sp³-hybridized carbons (Fsp3) is 0.600. The van der Waals surface area contributed by atoms with Gasteiger partial charge in [0.05, 0.1) is 10.4 Å². The van der Waals surface area contributed by atoms with Gasteiger partial charge in [0.25, 0.3) is 0 Å². The van der Waals surface area contributed by atoms with Crippen LogP contribution in [0, 0.1) is 5.92 Å². The van der Waals surface area contributed by atoms with Crippen LogP contribution in [0.1, 0.15) is 57.8 Å². The second-order valence-electron chi connectivity index (χ2n) is 9.74. The number of hydrogen-bond donors (Lipinski definition) is 1. The zero-order chi connectivity index (χ0) is 22.8. The van der Waals surface area contributed by atoms with Crippen LogP contribution in [0.25, 0.3) is 10.9 Å². The number of anilines is 1. The van der Waals surface area contributed by atoms with Crippen molar-refractivity contribution in [2.24, 2.45) is 5.92 Å². The number of sulfonamides is 1. The Morgan fingerprint density at radius 1 is 0.879 bits per heavy atom. The molecule has 8 heteroatoms. The molecule has 3 aliphatic rings. The van der Waals surface area contributed by atoms with E-state index in [2.05, 4.69) is 10.2 Å². The van der Waals surface area contributed by atoms with Crippen LogP contribution >= 0.6 is 0 Å². The molecule has 1 aromatic carbocycles. The van der Waals surface area contributed by atoms with E-state index in [0.29, 0.717) is 24.0 Å². The maximum Gasteiger partial charge on any atom is 0.243 e. The maximum atomic E-state index is 13.0. The van der Waals surface area contributed by atoms with Gasteiger partial charge in [-0.05, 0) is 68.9 Å². The summed E-state index contributed by atoms with van der Waals surface area (Å²) in [5.74, 6) is 1.20. The second-order valence-corrected chi connectivity index (χ2v) is 11.7. The van der Waals surface area contributed by atoms with Crippen LogP contribution in [0.5, 0.6) is 0 Å². The summed E-state index contributed by atoms with van der Waals surface area (Å²) in [6, 6.07) is 9.56. The Balaban J connectivity index is 1.24. The van der Waals surface area contributed by atoms with Crippen molar-refractivity contribution in [1.82, 2.24) is 14.6 Å². The van der Waals surface area contributed by atoms with E-state index in [9.17, 15) is 13.2 Å². The zero-order valence-electron chi connectivity index (χ0n) is 19.2. The summed E-state index contributed by atoms with van der Waals surface area (Å²) >= 11 is 0. The van der Waals surface area contributed by atoms with Gasteiger partial charge in [-0.2, -0.15) is 4.31 Å². The molecule has 5 rings (SSSR count). The Morgan fingerprint density at radius 3 is 2.33 bits per heavy atom. The van der Waals surface area contributed by atoms with E-state index in [-0.39, 0.29) is 11.8 Å². The summed E-state index contributed by atoms with van der Waals surface area (Å²) < 4.78 is 27.6. The summed E-state index contributed by atoms with van der Waals surface area (Å²) in [5.41, 5.74) is 0.797. The van der Waals surface area contributed by atoms with Crippen molar-refractivity contribution in [2.75, 3.05) is 31.1 Å². The van der Waals surface area contributed by atoms with Gasteiger partial charge in [-0.3, -0.25) is 4.79 Å². The van der Waals surface area contributed by atoms with Crippen LogP contribution in [0.4, 0.5) is 5.82 Å². The molecule has 0 spiro atoms. The molecule has 0 unspecified atom stereocenters. The van der Waals surface area contributed by atoms with Crippen molar-refractivity contribution in [3.63, 3.8) is 0 Å². The number of benzene rings is 1. The molecule has 2 saturated heterocycles. The van der Waals surface area contributed by atoms with E-state index >= 15 is 0 Å². The standard InChI is InChI=1S/C25H34N4O3S/c30-25(26-21-6-2-3-7-21)19-12-16-28(17-13-19)24-11-8-20-18-22(9-10-23(20)27-24)33(31,32)29-14-4-1-5-15-29/h8-11,18-19,21H,1-7,12-17H2,(H,26,30). The van der Waals surface area contributed by atoms with Gasteiger partial charge in [0.2, 0.25) is 15.9 Å². The number of piperidine rings is 2. The number of pyridine rings is 1. The third-order valence-corrected chi connectivity index (χ3v) is 9.38. The molecule has 3 heterocycles. The quantitative estimate of drug-likeness (QED) is 0.721. The first-order valence-corrected chi connectivity index (χ1v) is 13.9. The van der Waals surface area contributed by atoms with Crippen LogP contribution in [-0.2, 0) is 14.8 Å². The first-order chi connectivity index (χ1) is 16.0. The minimum atomic E-state index is -3.45. The van der Waals surface area contributed by atoms with Crippen LogP contribution in [-0.4, -0.2) is 55.8 Å². The number of carbonyl (C=O) groups is 1. The van der Waals surface area contributed by atoms with Gasteiger partial charge in [0, 0.05) is 43.5 Å². The summed E-state index contributed by atoms with van der Waals surface area (Å²) in [7, 11) is -3.45. The summed E-state index contributed by atoms with van der Waals surface area (Å²) in [4.78, 5) is 20.0. The van der Waals surface area contributed by atoms with E-state index in [4.69, 9.17) is 4.98 Å². The van der Waals surface area contributed by atoms with E-state index in [0.717, 1.165) is 74.8 Å². The molecular weight excluding hydrogens is 436 g/mol. The Bertz CT molecular complexity index is 1100. The normalized spacial score (nSPS) is 21.5. The lowest BCUT2D eigenvalue weighted by Gasteiger charge is -2.32. The van der Waals surface area contributed by atoms with Gasteiger partial charge in [-0.15, -0.1) is 0 Å². The third kappa shape index (κ3) is 4.87. The smallest absolute Gasteiger partial charge is 0.243 e. The molecular formula is C25H34N4O3S. The molecule has 0 radical (unpaired) electrons. The predicted molar refractivity (Wildman–Crippen MR) is 130 cm³/mol. The lowest BCUT2D eigenvalue weighted by molar-refractivity contribution is -0.126. The Hall–Kier alpha value is -2.19. The van der Waals surface area contributed by atoms with Crippen molar-refractivity contribution >= 4 is 32.7 Å². The van der Waals surface area contributed by atoms with Crippen LogP contribution < -0.4 is 10.2 Å². The zero-order valence-corrected chi connectivity index (χ0v) is 20.0. The minimum Gasteiger partial charge on any atom is -0.357 e. The molecule has 1 aromatic heterocycles. The van der Waals surface area contributed by atoms with Crippen molar-refractivity contribution < 1.29 is 13.2 Å². The van der Waals surface area contributed by atoms with E-state index in [1.54, 1.807) is 16.4 Å². The van der Waals surface area contributed by atoms with Crippen LogP contribution in [0.2, 0.25) is 0 Å². The fourth-order valence-corrected chi connectivity index (χ4v) is 7.00. The molecule has 178 valence electrons. The average molecular weight is 471 g/mol. The molecule has 1 N–H and O–H groups in total. The Labute approximate surface area is 196 Å². The molecule has 2 aromatic rings. The van der Waals surface area contributed by atoms with E-state index in [1.807, 2.05) is 18.2 Å². The van der Waals surface area contributed by atoms with Gasteiger partial charge in [0.1, 0.15) is 5.82 Å². The van der Waals surface area contributed by atoms with Gasteiger partial charge in [-0.25, -0.2) is 13.4 Å². The highest BCUT2D eigenvalue weighted by Crippen LogP contribution is 2.28. The van der Waals surface area contributed by atoms with Gasteiger partial charge >= 0.3 is 0 Å². The molecule has 1 saturated carbocycles. The number of amides is 1. The lowest BCUT2D eigenvalue weighted by Crippen LogP contribution is -2.43. The van der Waals surface area contributed by atoms with Crippen molar-refractivity contribution in [1.29, 1.82) is 0 Å². The first kappa shape index (κ1) is 22.6. The van der Waals surface area contributed by atoms with Gasteiger partial charge in [-0.1, -0.05) is 19.3 Å². The van der Waals surface area contributed by atoms with Gasteiger partial charge in [0.15, 0.2) is 0 Å². The van der Waals surface area contributed by atoms with E-state index in [1.165, 1.54) is 12.8 Å². The topological polar surface area (TPSA) is 82.6 Å². The molecule has 0 bridgehead atoms. The highest BCUT2D eigenvalue weighted by molar-refractivity contribution is 7.89. The second kappa shape index (κ2) is 9.58. The van der Waals surface area contributed by atoms with Crippen molar-refractivity contribution in [3.05, 3.63) is 30.3 Å². The van der Waals surface area contributed by atoms with E-state index < -0.39 is 10.0 Å². The predicted octanol–water partition coefficient (Wildman–Crippen LogP) is 3.68. The average Bonchev–Trinajstić information content (AvgIpc) is 3.37. The van der Waals surface area contributed by atoms with Crippen molar-refractivity contribution in [3.8, 4) is 0 Å². The highest BCUT2D eigenvalue weighted by Gasteiger charge is 2.29. The highest BCUT2D eigenvalue weighted by atomic mass is 32.2.